The molecular weight excluding hydrogens is 176 g/mol. The third-order valence-electron chi connectivity index (χ3n) is 2.27. The van der Waals surface area contributed by atoms with Crippen molar-refractivity contribution < 1.29 is 5.11 Å². The second-order valence-corrected chi connectivity index (χ2v) is 4.46. The number of benzene rings is 1. The SMILES string of the molecule is CNc1cc(C(C)(C)C)cc(N)c1O. The van der Waals surface area contributed by atoms with E-state index in [2.05, 4.69) is 26.1 Å². The van der Waals surface area contributed by atoms with Crippen LogP contribution in [0.1, 0.15) is 26.3 Å². The average molecular weight is 194 g/mol. The van der Waals surface area contributed by atoms with Gasteiger partial charge in [-0.3, -0.25) is 0 Å². The van der Waals surface area contributed by atoms with Gasteiger partial charge in [0.2, 0.25) is 0 Å². The maximum absolute atomic E-state index is 9.60. The van der Waals surface area contributed by atoms with Gasteiger partial charge in [0.25, 0.3) is 0 Å². The maximum atomic E-state index is 9.60. The number of hydrogen-bond acceptors (Lipinski definition) is 3. The molecule has 0 bridgehead atoms. The first kappa shape index (κ1) is 10.7. The average Bonchev–Trinajstić information content (AvgIpc) is 2.07. The lowest BCUT2D eigenvalue weighted by Gasteiger charge is -2.21. The second-order valence-electron chi connectivity index (χ2n) is 4.46. The molecule has 0 spiro atoms. The van der Waals surface area contributed by atoms with Gasteiger partial charge in [0.05, 0.1) is 11.4 Å². The number of aromatic hydroxyl groups is 1. The first-order valence-corrected chi connectivity index (χ1v) is 4.67. The second kappa shape index (κ2) is 3.40. The number of rotatable bonds is 1. The van der Waals surface area contributed by atoms with Crippen LogP contribution in [0.2, 0.25) is 0 Å². The molecule has 3 heteroatoms. The van der Waals surface area contributed by atoms with Crippen molar-refractivity contribution in [3.05, 3.63) is 17.7 Å². The van der Waals surface area contributed by atoms with Crippen molar-refractivity contribution in [2.45, 2.75) is 26.2 Å². The van der Waals surface area contributed by atoms with E-state index < -0.39 is 0 Å². The summed E-state index contributed by atoms with van der Waals surface area (Å²) in [6.07, 6.45) is 0. The Balaban J connectivity index is 3.30. The summed E-state index contributed by atoms with van der Waals surface area (Å²) in [6, 6.07) is 3.74. The van der Waals surface area contributed by atoms with Gasteiger partial charge in [0.1, 0.15) is 0 Å². The van der Waals surface area contributed by atoms with Gasteiger partial charge in [0, 0.05) is 7.05 Å². The summed E-state index contributed by atoms with van der Waals surface area (Å²) in [6.45, 7) is 6.33. The van der Waals surface area contributed by atoms with Crippen LogP contribution in [0.15, 0.2) is 12.1 Å². The molecule has 1 aromatic carbocycles. The molecule has 0 aromatic heterocycles. The molecule has 0 aliphatic carbocycles. The Morgan fingerprint density at radius 3 is 2.29 bits per heavy atom. The monoisotopic (exact) mass is 194 g/mol. The molecule has 0 radical (unpaired) electrons. The lowest BCUT2D eigenvalue weighted by molar-refractivity contribution is 0.479. The number of anilines is 2. The molecule has 0 fully saturated rings. The largest absolute Gasteiger partial charge is 0.504 e. The third kappa shape index (κ3) is 1.92. The van der Waals surface area contributed by atoms with E-state index in [1.54, 1.807) is 7.05 Å². The lowest BCUT2D eigenvalue weighted by Crippen LogP contribution is -2.12. The summed E-state index contributed by atoms with van der Waals surface area (Å²) in [5.41, 5.74) is 7.94. The number of phenolic OH excluding ortho intramolecular Hbond substituents is 1. The van der Waals surface area contributed by atoms with E-state index in [9.17, 15) is 5.11 Å². The summed E-state index contributed by atoms with van der Waals surface area (Å²) >= 11 is 0. The first-order valence-electron chi connectivity index (χ1n) is 4.67. The summed E-state index contributed by atoms with van der Waals surface area (Å²) in [5.74, 6) is 0.125. The van der Waals surface area contributed by atoms with E-state index >= 15 is 0 Å². The van der Waals surface area contributed by atoms with Crippen LogP contribution in [0.4, 0.5) is 11.4 Å². The van der Waals surface area contributed by atoms with Gasteiger partial charge < -0.3 is 16.2 Å². The van der Waals surface area contributed by atoms with E-state index in [0.717, 1.165) is 5.56 Å². The molecule has 0 saturated heterocycles. The Morgan fingerprint density at radius 2 is 1.86 bits per heavy atom. The summed E-state index contributed by atoms with van der Waals surface area (Å²) in [4.78, 5) is 0. The van der Waals surface area contributed by atoms with E-state index in [-0.39, 0.29) is 11.2 Å². The Hall–Kier alpha value is -1.38. The minimum absolute atomic E-state index is 0.0351. The quantitative estimate of drug-likeness (QED) is 0.475. The third-order valence-corrected chi connectivity index (χ3v) is 2.27. The Morgan fingerprint density at radius 1 is 1.29 bits per heavy atom. The van der Waals surface area contributed by atoms with Crippen LogP contribution in [0, 0.1) is 0 Å². The zero-order valence-electron chi connectivity index (χ0n) is 9.18. The van der Waals surface area contributed by atoms with E-state index in [1.165, 1.54) is 0 Å². The molecule has 0 aliphatic rings. The Labute approximate surface area is 84.9 Å². The summed E-state index contributed by atoms with van der Waals surface area (Å²) in [7, 11) is 1.76. The standard InChI is InChI=1S/C11H18N2O/c1-11(2,3)7-5-8(12)10(14)9(6-7)13-4/h5-6,13-14H,12H2,1-4H3. The molecule has 4 N–H and O–H groups in total. The van der Waals surface area contributed by atoms with Gasteiger partial charge in [-0.1, -0.05) is 20.8 Å². The fraction of sp³-hybridized carbons (Fsp3) is 0.455. The number of phenols is 1. The number of hydrogen-bond donors (Lipinski definition) is 3. The van der Waals surface area contributed by atoms with Gasteiger partial charge in [-0.2, -0.15) is 0 Å². The highest BCUT2D eigenvalue weighted by Gasteiger charge is 2.17. The maximum Gasteiger partial charge on any atom is 0.161 e. The lowest BCUT2D eigenvalue weighted by atomic mass is 9.86. The van der Waals surface area contributed by atoms with Crippen molar-refractivity contribution in [3.8, 4) is 5.75 Å². The predicted molar refractivity (Wildman–Crippen MR) is 60.8 cm³/mol. The zero-order chi connectivity index (χ0) is 10.9. The van der Waals surface area contributed by atoms with Gasteiger partial charge in [-0.25, -0.2) is 0 Å². The number of nitrogens with one attached hydrogen (secondary N) is 1. The minimum atomic E-state index is 0.0351. The minimum Gasteiger partial charge on any atom is -0.504 e. The summed E-state index contributed by atoms with van der Waals surface area (Å²) < 4.78 is 0. The molecule has 1 aromatic rings. The smallest absolute Gasteiger partial charge is 0.161 e. The van der Waals surface area contributed by atoms with Crippen LogP contribution in [0.25, 0.3) is 0 Å². The first-order chi connectivity index (χ1) is 6.36. The van der Waals surface area contributed by atoms with Gasteiger partial charge >= 0.3 is 0 Å². The van der Waals surface area contributed by atoms with E-state index in [0.29, 0.717) is 11.4 Å². The molecule has 0 unspecified atom stereocenters. The predicted octanol–water partition coefficient (Wildman–Crippen LogP) is 2.31. The molecular formula is C11H18N2O. The van der Waals surface area contributed by atoms with E-state index in [4.69, 9.17) is 5.73 Å². The normalized spacial score (nSPS) is 11.4. The van der Waals surface area contributed by atoms with Crippen LogP contribution < -0.4 is 11.1 Å². The highest BCUT2D eigenvalue weighted by molar-refractivity contribution is 5.70. The molecule has 0 atom stereocenters. The molecule has 14 heavy (non-hydrogen) atoms. The highest BCUT2D eigenvalue weighted by Crippen LogP contribution is 2.35. The molecule has 0 saturated carbocycles. The van der Waals surface area contributed by atoms with Crippen molar-refractivity contribution >= 4 is 11.4 Å². The van der Waals surface area contributed by atoms with Crippen molar-refractivity contribution in [1.82, 2.24) is 0 Å². The molecule has 78 valence electrons. The van der Waals surface area contributed by atoms with Crippen LogP contribution in [-0.4, -0.2) is 12.2 Å². The van der Waals surface area contributed by atoms with Crippen LogP contribution in [-0.2, 0) is 5.41 Å². The van der Waals surface area contributed by atoms with Crippen molar-refractivity contribution in [2.24, 2.45) is 0 Å². The molecule has 1 rings (SSSR count). The van der Waals surface area contributed by atoms with Crippen LogP contribution in [0.5, 0.6) is 5.75 Å². The summed E-state index contributed by atoms with van der Waals surface area (Å²) in [5, 5.41) is 12.5. The van der Waals surface area contributed by atoms with Gasteiger partial charge in [-0.05, 0) is 23.1 Å². The fourth-order valence-corrected chi connectivity index (χ4v) is 1.28. The van der Waals surface area contributed by atoms with Crippen molar-refractivity contribution in [1.29, 1.82) is 0 Å². The molecule has 0 amide bonds. The highest BCUT2D eigenvalue weighted by atomic mass is 16.3. The van der Waals surface area contributed by atoms with Gasteiger partial charge in [-0.15, -0.1) is 0 Å². The topological polar surface area (TPSA) is 58.3 Å². The Bertz CT molecular complexity index is 340. The Kier molecular flexibility index (Phi) is 2.60. The zero-order valence-corrected chi connectivity index (χ0v) is 9.18. The fourth-order valence-electron chi connectivity index (χ4n) is 1.28. The number of nitrogens with two attached hydrogens (primary N) is 1. The molecule has 0 aliphatic heterocycles. The van der Waals surface area contributed by atoms with Crippen LogP contribution in [0.3, 0.4) is 0 Å². The molecule has 3 nitrogen and oxygen atoms in total. The van der Waals surface area contributed by atoms with E-state index in [1.807, 2.05) is 12.1 Å². The van der Waals surface area contributed by atoms with Crippen molar-refractivity contribution in [3.63, 3.8) is 0 Å². The molecule has 0 heterocycles. The van der Waals surface area contributed by atoms with Gasteiger partial charge in [0.15, 0.2) is 5.75 Å². The van der Waals surface area contributed by atoms with Crippen LogP contribution >= 0.6 is 0 Å². The number of nitrogen functional groups attached to an aromatic ring is 1. The van der Waals surface area contributed by atoms with Crippen molar-refractivity contribution in [2.75, 3.05) is 18.1 Å².